The molecule has 0 aliphatic carbocycles. The zero-order valence-electron chi connectivity index (χ0n) is 14.5. The zero-order chi connectivity index (χ0) is 16.3. The molecule has 0 radical (unpaired) electrons. The minimum Gasteiger partial charge on any atom is -0.491 e. The Kier molecular flexibility index (Phi) is 5.07. The topological polar surface area (TPSA) is 25.4 Å². The van der Waals surface area contributed by atoms with E-state index in [-0.39, 0.29) is 0 Å². The number of nitrogens with zero attached hydrogens (tertiary/aromatic N) is 2. The van der Waals surface area contributed by atoms with Crippen LogP contribution in [0.3, 0.4) is 0 Å². The Bertz CT molecular complexity index is 641. The number of hydrogen-bond donors (Lipinski definition) is 0. The first-order chi connectivity index (χ1) is 10.4. The fraction of sp³-hybridized carbons (Fsp3) is 0.421. The number of aromatic nitrogens is 1. The Hall–Kier alpha value is -2.03. The van der Waals surface area contributed by atoms with E-state index in [1.807, 2.05) is 13.1 Å². The number of pyridine rings is 1. The van der Waals surface area contributed by atoms with Crippen molar-refractivity contribution in [3.05, 3.63) is 52.3 Å². The van der Waals surface area contributed by atoms with E-state index in [0.717, 1.165) is 18.0 Å². The van der Waals surface area contributed by atoms with Crippen molar-refractivity contribution in [1.82, 2.24) is 4.98 Å². The van der Waals surface area contributed by atoms with Gasteiger partial charge in [0.1, 0.15) is 12.4 Å². The summed E-state index contributed by atoms with van der Waals surface area (Å²) in [6.07, 6.45) is 1.93. The Morgan fingerprint density at radius 3 is 2.23 bits per heavy atom. The molecule has 0 N–H and O–H groups in total. The Morgan fingerprint density at radius 1 is 0.955 bits per heavy atom. The van der Waals surface area contributed by atoms with Gasteiger partial charge in [0.2, 0.25) is 0 Å². The molecule has 3 nitrogen and oxygen atoms in total. The first-order valence-corrected chi connectivity index (χ1v) is 7.73. The molecule has 22 heavy (non-hydrogen) atoms. The van der Waals surface area contributed by atoms with Crippen LogP contribution in [-0.2, 0) is 0 Å². The van der Waals surface area contributed by atoms with Gasteiger partial charge in [0.15, 0.2) is 0 Å². The van der Waals surface area contributed by atoms with Gasteiger partial charge < -0.3 is 9.64 Å². The molecule has 2 rings (SSSR count). The van der Waals surface area contributed by atoms with Gasteiger partial charge in [0.25, 0.3) is 0 Å². The zero-order valence-corrected chi connectivity index (χ0v) is 14.5. The molecule has 0 spiro atoms. The molecule has 1 aromatic carbocycles. The lowest BCUT2D eigenvalue weighted by Gasteiger charge is -2.22. The number of likely N-dealkylation sites (N-methyl/N-ethyl adjacent to an activating group) is 1. The molecule has 0 unspecified atom stereocenters. The van der Waals surface area contributed by atoms with Crippen molar-refractivity contribution >= 4 is 5.69 Å². The molecular formula is C19H26N2O. The van der Waals surface area contributed by atoms with Crippen LogP contribution in [0, 0.1) is 34.6 Å². The monoisotopic (exact) mass is 298 g/mol. The third-order valence-corrected chi connectivity index (χ3v) is 3.90. The summed E-state index contributed by atoms with van der Waals surface area (Å²) in [5.41, 5.74) is 7.14. The summed E-state index contributed by atoms with van der Waals surface area (Å²) < 4.78 is 6.03. The van der Waals surface area contributed by atoms with E-state index in [4.69, 9.17) is 4.74 Å². The number of ether oxygens (including phenoxy) is 1. The van der Waals surface area contributed by atoms with Crippen LogP contribution in [0.5, 0.6) is 5.75 Å². The van der Waals surface area contributed by atoms with Gasteiger partial charge in [-0.25, -0.2) is 0 Å². The van der Waals surface area contributed by atoms with E-state index >= 15 is 0 Å². The highest BCUT2D eigenvalue weighted by Gasteiger charge is 2.08. The van der Waals surface area contributed by atoms with Gasteiger partial charge in [0.05, 0.1) is 6.54 Å². The first kappa shape index (κ1) is 16.3. The van der Waals surface area contributed by atoms with E-state index in [2.05, 4.69) is 62.8 Å². The summed E-state index contributed by atoms with van der Waals surface area (Å²) in [6.45, 7) is 12.0. The molecule has 0 atom stereocenters. The molecule has 2 aromatic rings. The van der Waals surface area contributed by atoms with E-state index in [1.54, 1.807) is 0 Å². The first-order valence-electron chi connectivity index (χ1n) is 7.73. The molecule has 0 amide bonds. The maximum absolute atomic E-state index is 6.03. The summed E-state index contributed by atoms with van der Waals surface area (Å²) in [4.78, 5) is 6.55. The minimum atomic E-state index is 0.669. The van der Waals surface area contributed by atoms with Gasteiger partial charge >= 0.3 is 0 Å². The molecular weight excluding hydrogens is 272 g/mol. The third kappa shape index (κ3) is 3.79. The van der Waals surface area contributed by atoms with Gasteiger partial charge in [-0.05, 0) is 57.4 Å². The number of benzene rings is 1. The van der Waals surface area contributed by atoms with Crippen molar-refractivity contribution < 1.29 is 4.74 Å². The molecule has 0 aliphatic rings. The largest absolute Gasteiger partial charge is 0.491 e. The standard InChI is InChI=1S/C19H26N2O/c1-13-9-14(2)19(15(3)10-13)22-8-7-21(6)18-11-17(5)20-12-16(18)4/h9-12H,7-8H2,1-6H3. The third-order valence-electron chi connectivity index (χ3n) is 3.90. The molecule has 0 saturated heterocycles. The van der Waals surface area contributed by atoms with Crippen LogP contribution in [0.2, 0.25) is 0 Å². The summed E-state index contributed by atoms with van der Waals surface area (Å²) in [6, 6.07) is 6.46. The van der Waals surface area contributed by atoms with E-state index in [0.29, 0.717) is 6.61 Å². The van der Waals surface area contributed by atoms with Crippen LogP contribution in [-0.4, -0.2) is 25.2 Å². The SMILES string of the molecule is Cc1cc(C)c(OCCN(C)c2cc(C)ncc2C)c(C)c1. The van der Waals surface area contributed by atoms with Crippen LogP contribution in [0.4, 0.5) is 5.69 Å². The fourth-order valence-electron chi connectivity index (χ4n) is 2.82. The number of anilines is 1. The maximum atomic E-state index is 6.03. The lowest BCUT2D eigenvalue weighted by Crippen LogP contribution is -2.25. The Morgan fingerprint density at radius 2 is 1.59 bits per heavy atom. The van der Waals surface area contributed by atoms with Crippen LogP contribution < -0.4 is 9.64 Å². The second-order valence-electron chi connectivity index (χ2n) is 6.11. The van der Waals surface area contributed by atoms with E-state index in [1.165, 1.54) is 27.9 Å². The number of rotatable bonds is 5. The molecule has 0 aliphatic heterocycles. The normalized spacial score (nSPS) is 10.6. The lowest BCUT2D eigenvalue weighted by atomic mass is 10.1. The predicted octanol–water partition coefficient (Wildman–Crippen LogP) is 4.14. The van der Waals surface area contributed by atoms with Crippen LogP contribution in [0.1, 0.15) is 27.9 Å². The van der Waals surface area contributed by atoms with Crippen molar-refractivity contribution in [3.63, 3.8) is 0 Å². The fourth-order valence-corrected chi connectivity index (χ4v) is 2.82. The van der Waals surface area contributed by atoms with Crippen LogP contribution >= 0.6 is 0 Å². The Balaban J connectivity index is 2.01. The van der Waals surface area contributed by atoms with Crippen molar-refractivity contribution in [1.29, 1.82) is 0 Å². The van der Waals surface area contributed by atoms with Crippen molar-refractivity contribution in [2.24, 2.45) is 0 Å². The quantitative estimate of drug-likeness (QED) is 0.829. The van der Waals surface area contributed by atoms with Gasteiger partial charge in [0, 0.05) is 24.6 Å². The molecule has 0 bridgehead atoms. The predicted molar refractivity (Wildman–Crippen MR) is 93.1 cm³/mol. The lowest BCUT2D eigenvalue weighted by molar-refractivity contribution is 0.321. The molecule has 0 fully saturated rings. The highest BCUT2D eigenvalue weighted by Crippen LogP contribution is 2.25. The second-order valence-corrected chi connectivity index (χ2v) is 6.11. The highest BCUT2D eigenvalue weighted by molar-refractivity contribution is 5.52. The molecule has 1 aromatic heterocycles. The van der Waals surface area contributed by atoms with Gasteiger partial charge in [-0.3, -0.25) is 4.98 Å². The number of aryl methyl sites for hydroxylation is 5. The smallest absolute Gasteiger partial charge is 0.125 e. The van der Waals surface area contributed by atoms with Crippen LogP contribution in [0.25, 0.3) is 0 Å². The molecule has 0 saturated carbocycles. The second kappa shape index (κ2) is 6.82. The van der Waals surface area contributed by atoms with Crippen molar-refractivity contribution in [2.75, 3.05) is 25.1 Å². The van der Waals surface area contributed by atoms with Gasteiger partial charge in [-0.2, -0.15) is 0 Å². The summed E-state index contributed by atoms with van der Waals surface area (Å²) in [7, 11) is 2.10. The summed E-state index contributed by atoms with van der Waals surface area (Å²) in [5, 5.41) is 0. The maximum Gasteiger partial charge on any atom is 0.125 e. The molecule has 1 heterocycles. The van der Waals surface area contributed by atoms with Crippen molar-refractivity contribution in [2.45, 2.75) is 34.6 Å². The average Bonchev–Trinajstić information content (AvgIpc) is 2.44. The Labute approximate surface area is 134 Å². The highest BCUT2D eigenvalue weighted by atomic mass is 16.5. The molecule has 3 heteroatoms. The average molecular weight is 298 g/mol. The van der Waals surface area contributed by atoms with Gasteiger partial charge in [-0.15, -0.1) is 0 Å². The molecule has 118 valence electrons. The number of hydrogen-bond acceptors (Lipinski definition) is 3. The van der Waals surface area contributed by atoms with Crippen LogP contribution in [0.15, 0.2) is 24.4 Å². The summed E-state index contributed by atoms with van der Waals surface area (Å²) >= 11 is 0. The van der Waals surface area contributed by atoms with E-state index in [9.17, 15) is 0 Å². The van der Waals surface area contributed by atoms with Gasteiger partial charge in [-0.1, -0.05) is 17.7 Å². The summed E-state index contributed by atoms with van der Waals surface area (Å²) in [5.74, 6) is 1.02. The minimum absolute atomic E-state index is 0.669. The van der Waals surface area contributed by atoms with E-state index < -0.39 is 0 Å². The van der Waals surface area contributed by atoms with Crippen molar-refractivity contribution in [3.8, 4) is 5.75 Å².